The van der Waals surface area contributed by atoms with Gasteiger partial charge in [0.05, 0.1) is 11.5 Å². The third kappa shape index (κ3) is 2.51. The Labute approximate surface area is 124 Å². The number of carbonyl (C=O) groups excluding carboxylic acids is 1. The molecule has 1 aromatic carbocycles. The quantitative estimate of drug-likeness (QED) is 0.252. The van der Waals surface area contributed by atoms with E-state index in [0.29, 0.717) is 0 Å². The minimum Gasteiger partial charge on any atom is -0.545 e. The number of hydrogen-bond acceptors (Lipinski definition) is 3. The van der Waals surface area contributed by atoms with Crippen LogP contribution in [0.2, 0.25) is 0 Å². The van der Waals surface area contributed by atoms with Crippen LogP contribution in [0.15, 0.2) is 0 Å². The fourth-order valence-electron chi connectivity index (χ4n) is 0.828. The number of rotatable bonds is 1. The summed E-state index contributed by atoms with van der Waals surface area (Å²) in [4.78, 5) is 10.1. The molecule has 0 saturated carbocycles. The SMILES string of the molecule is Nc1c(F)c(F)c(C(=O)[O-])c(F)c1F.[K+]. The van der Waals surface area contributed by atoms with E-state index in [1.807, 2.05) is 0 Å². The smallest absolute Gasteiger partial charge is 0.545 e. The molecule has 3 nitrogen and oxygen atoms in total. The summed E-state index contributed by atoms with van der Waals surface area (Å²) in [6.07, 6.45) is 0. The molecule has 76 valence electrons. The van der Waals surface area contributed by atoms with Gasteiger partial charge in [-0.25, -0.2) is 17.6 Å². The number of nitrogens with two attached hydrogens (primary N) is 1. The van der Waals surface area contributed by atoms with Gasteiger partial charge in [-0.1, -0.05) is 0 Å². The Morgan fingerprint density at radius 1 is 1.00 bits per heavy atom. The second-order valence-corrected chi connectivity index (χ2v) is 2.33. The van der Waals surface area contributed by atoms with Crippen molar-refractivity contribution in [1.82, 2.24) is 0 Å². The van der Waals surface area contributed by atoms with Crippen LogP contribution in [0.5, 0.6) is 0 Å². The maximum atomic E-state index is 12.7. The maximum Gasteiger partial charge on any atom is 1.00 e. The number of anilines is 1. The zero-order chi connectivity index (χ0) is 11.0. The zero-order valence-electron chi connectivity index (χ0n) is 7.41. The summed E-state index contributed by atoms with van der Waals surface area (Å²) in [5.41, 5.74) is 1.39. The van der Waals surface area contributed by atoms with E-state index in [-0.39, 0.29) is 51.4 Å². The van der Waals surface area contributed by atoms with Crippen LogP contribution in [-0.2, 0) is 0 Å². The number of carbonyl (C=O) groups is 1. The largest absolute Gasteiger partial charge is 1.00 e. The van der Waals surface area contributed by atoms with E-state index >= 15 is 0 Å². The van der Waals surface area contributed by atoms with Crippen LogP contribution in [0, 0.1) is 23.3 Å². The van der Waals surface area contributed by atoms with E-state index in [1.165, 1.54) is 0 Å². The van der Waals surface area contributed by atoms with Gasteiger partial charge in [-0.2, -0.15) is 0 Å². The maximum absolute atomic E-state index is 12.7. The van der Waals surface area contributed by atoms with Gasteiger partial charge in [0.1, 0.15) is 5.69 Å². The molecule has 0 spiro atoms. The molecule has 2 N–H and O–H groups in total. The molecule has 8 heteroatoms. The van der Waals surface area contributed by atoms with Crippen molar-refractivity contribution >= 4 is 11.7 Å². The van der Waals surface area contributed by atoms with Crippen molar-refractivity contribution < 1.29 is 78.8 Å². The molecule has 0 aliphatic carbocycles. The summed E-state index contributed by atoms with van der Waals surface area (Å²) in [5, 5.41) is 10.1. The minimum atomic E-state index is -2.36. The van der Waals surface area contributed by atoms with Gasteiger partial charge in [-0.15, -0.1) is 0 Å². The van der Waals surface area contributed by atoms with Crippen molar-refractivity contribution in [2.45, 2.75) is 0 Å². The molecule has 15 heavy (non-hydrogen) atoms. The molecular formula is C7H2F4KNO2. The Bertz CT molecular complexity index is 395. The second kappa shape index (κ2) is 5.26. The van der Waals surface area contributed by atoms with Gasteiger partial charge in [-0.05, 0) is 0 Å². The molecular weight excluding hydrogens is 245 g/mol. The summed E-state index contributed by atoms with van der Waals surface area (Å²) in [6.45, 7) is 0. The molecule has 0 aliphatic heterocycles. The third-order valence-corrected chi connectivity index (χ3v) is 1.50. The number of hydrogen-bond donors (Lipinski definition) is 1. The molecule has 0 amide bonds. The zero-order valence-corrected chi connectivity index (χ0v) is 10.5. The molecule has 1 rings (SSSR count). The summed E-state index contributed by atoms with van der Waals surface area (Å²) >= 11 is 0. The van der Waals surface area contributed by atoms with Crippen LogP contribution in [0.3, 0.4) is 0 Å². The standard InChI is InChI=1S/C7H3F4NO2.K/c8-2-1(7(13)14)3(9)5(11)6(12)4(2)10;/h12H2,(H,13,14);/q;+1/p-1. The van der Waals surface area contributed by atoms with Crippen molar-refractivity contribution in [2.75, 3.05) is 5.73 Å². The minimum absolute atomic E-state index is 0. The summed E-state index contributed by atoms with van der Waals surface area (Å²) < 4.78 is 50.5. The van der Waals surface area contributed by atoms with Crippen LogP contribution < -0.4 is 62.2 Å². The Kier molecular flexibility index (Phi) is 5.20. The second-order valence-electron chi connectivity index (χ2n) is 2.33. The van der Waals surface area contributed by atoms with E-state index in [1.54, 1.807) is 0 Å². The summed E-state index contributed by atoms with van der Waals surface area (Å²) in [5.74, 6) is -10.4. The molecule has 0 atom stereocenters. The Hall–Kier alpha value is -0.154. The topological polar surface area (TPSA) is 66.2 Å². The number of carboxylic acids is 1. The van der Waals surface area contributed by atoms with Crippen molar-refractivity contribution in [3.8, 4) is 0 Å². The molecule has 0 unspecified atom stereocenters. The van der Waals surface area contributed by atoms with Crippen molar-refractivity contribution in [1.29, 1.82) is 0 Å². The van der Waals surface area contributed by atoms with Gasteiger partial charge < -0.3 is 15.6 Å². The molecule has 0 bridgehead atoms. The van der Waals surface area contributed by atoms with E-state index in [4.69, 9.17) is 0 Å². The molecule has 0 aliphatic rings. The fraction of sp³-hybridized carbons (Fsp3) is 0. The van der Waals surface area contributed by atoms with E-state index in [0.717, 1.165) is 0 Å². The average molecular weight is 247 g/mol. The predicted octanol–water partition coefficient (Wildman–Crippen LogP) is -2.81. The van der Waals surface area contributed by atoms with Crippen molar-refractivity contribution in [3.05, 3.63) is 28.8 Å². The third-order valence-electron chi connectivity index (χ3n) is 1.50. The van der Waals surface area contributed by atoms with Gasteiger partial charge in [0.2, 0.25) is 0 Å². The number of aromatic carboxylic acids is 1. The van der Waals surface area contributed by atoms with Gasteiger partial charge in [0, 0.05) is 0 Å². The number of halogens is 4. The summed E-state index contributed by atoms with van der Waals surface area (Å²) in [7, 11) is 0. The first-order chi connectivity index (χ1) is 6.37. The van der Waals surface area contributed by atoms with Crippen molar-refractivity contribution in [2.24, 2.45) is 0 Å². The Morgan fingerprint density at radius 3 is 1.60 bits per heavy atom. The number of carboxylic acid groups (broad SMARTS) is 1. The summed E-state index contributed by atoms with van der Waals surface area (Å²) in [6, 6.07) is 0. The average Bonchev–Trinajstić information content (AvgIpc) is 2.11. The molecule has 0 aromatic heterocycles. The number of benzene rings is 1. The van der Waals surface area contributed by atoms with Crippen LogP contribution in [0.1, 0.15) is 10.4 Å². The van der Waals surface area contributed by atoms with Crippen LogP contribution in [0.25, 0.3) is 0 Å². The molecule has 1 aromatic rings. The van der Waals surface area contributed by atoms with Crippen LogP contribution in [-0.4, -0.2) is 5.97 Å². The first-order valence-corrected chi connectivity index (χ1v) is 3.20. The Morgan fingerprint density at radius 2 is 1.33 bits per heavy atom. The monoisotopic (exact) mass is 247 g/mol. The fourth-order valence-corrected chi connectivity index (χ4v) is 0.828. The van der Waals surface area contributed by atoms with Gasteiger partial charge in [0.15, 0.2) is 23.3 Å². The normalized spacial score (nSPS) is 9.60. The van der Waals surface area contributed by atoms with Gasteiger partial charge >= 0.3 is 51.4 Å². The Balaban J connectivity index is 0.00000196. The van der Waals surface area contributed by atoms with Gasteiger partial charge in [0.25, 0.3) is 0 Å². The van der Waals surface area contributed by atoms with E-state index in [9.17, 15) is 27.5 Å². The predicted molar refractivity (Wildman–Crippen MR) is 35.0 cm³/mol. The van der Waals surface area contributed by atoms with E-state index < -0.39 is 40.5 Å². The van der Waals surface area contributed by atoms with Crippen LogP contribution in [0.4, 0.5) is 23.2 Å². The van der Waals surface area contributed by atoms with Crippen LogP contribution >= 0.6 is 0 Å². The molecule has 0 radical (unpaired) electrons. The molecule has 0 saturated heterocycles. The first kappa shape index (κ1) is 14.8. The molecule has 0 fully saturated rings. The van der Waals surface area contributed by atoms with Crippen molar-refractivity contribution in [3.63, 3.8) is 0 Å². The van der Waals surface area contributed by atoms with Gasteiger partial charge in [-0.3, -0.25) is 0 Å². The molecule has 0 heterocycles. The first-order valence-electron chi connectivity index (χ1n) is 3.20. The van der Waals surface area contributed by atoms with E-state index in [2.05, 4.69) is 5.73 Å². The number of nitrogen functional groups attached to an aromatic ring is 1.